The number of benzene rings is 1. The molecule has 0 aliphatic carbocycles. The Labute approximate surface area is 88.3 Å². The summed E-state index contributed by atoms with van der Waals surface area (Å²) in [4.78, 5) is 8.29. The van der Waals surface area contributed by atoms with E-state index < -0.39 is 0 Å². The highest BCUT2D eigenvalue weighted by Gasteiger charge is 1.96. The third-order valence-corrected chi connectivity index (χ3v) is 1.95. The molecule has 0 aliphatic rings. The Morgan fingerprint density at radius 1 is 1.00 bits per heavy atom. The Bertz CT molecular complexity index is 449. The predicted molar refractivity (Wildman–Crippen MR) is 61.1 cm³/mol. The molecule has 2 N–H and O–H groups in total. The van der Waals surface area contributed by atoms with E-state index in [-0.39, 0.29) is 0 Å². The maximum atomic E-state index is 5.84. The summed E-state index contributed by atoms with van der Waals surface area (Å²) in [6, 6.07) is 15.2. The minimum absolute atomic E-state index is 0.481. The van der Waals surface area contributed by atoms with Crippen LogP contribution in [0.1, 0.15) is 5.56 Å². The summed E-state index contributed by atoms with van der Waals surface area (Å²) in [5.74, 6) is 1.10. The van der Waals surface area contributed by atoms with Gasteiger partial charge in [0.2, 0.25) is 0 Å². The number of nitrogens with two attached hydrogens (primary N) is 1. The minimum atomic E-state index is 0.481. The Balaban J connectivity index is 2.29. The number of aromatic nitrogens is 1. The highest BCUT2D eigenvalue weighted by atomic mass is 14.9. The van der Waals surface area contributed by atoms with Crippen molar-refractivity contribution < 1.29 is 0 Å². The molecule has 1 heterocycles. The van der Waals surface area contributed by atoms with Crippen LogP contribution in [-0.4, -0.2) is 10.8 Å². The maximum Gasteiger partial charge on any atom is 0.154 e. The number of rotatable bonds is 2. The van der Waals surface area contributed by atoms with Gasteiger partial charge in [0.25, 0.3) is 0 Å². The molecule has 0 radical (unpaired) electrons. The number of nitrogens with zero attached hydrogens (tertiary/aromatic N) is 2. The monoisotopic (exact) mass is 197 g/mol. The van der Waals surface area contributed by atoms with Gasteiger partial charge in [0, 0.05) is 11.8 Å². The summed E-state index contributed by atoms with van der Waals surface area (Å²) in [6.07, 6.45) is 1.69. The molecule has 2 aromatic rings. The second kappa shape index (κ2) is 4.37. The van der Waals surface area contributed by atoms with E-state index in [2.05, 4.69) is 9.98 Å². The van der Waals surface area contributed by atoms with E-state index in [0.29, 0.717) is 11.7 Å². The molecule has 2 rings (SSSR count). The summed E-state index contributed by atoms with van der Waals surface area (Å²) < 4.78 is 0. The average Bonchev–Trinajstić information content (AvgIpc) is 2.31. The zero-order valence-electron chi connectivity index (χ0n) is 8.17. The summed E-state index contributed by atoms with van der Waals surface area (Å²) in [5, 5.41) is 0. The second-order valence-corrected chi connectivity index (χ2v) is 3.05. The molecule has 0 aliphatic heterocycles. The predicted octanol–water partition coefficient (Wildman–Crippen LogP) is 2.12. The molecule has 0 spiro atoms. The molecule has 1 aromatic carbocycles. The molecule has 15 heavy (non-hydrogen) atoms. The van der Waals surface area contributed by atoms with Crippen molar-refractivity contribution in [2.45, 2.75) is 0 Å². The molecule has 0 amide bonds. The molecule has 0 bridgehead atoms. The summed E-state index contributed by atoms with van der Waals surface area (Å²) >= 11 is 0. The van der Waals surface area contributed by atoms with Gasteiger partial charge in [0.05, 0.1) is 0 Å². The normalized spacial score (nSPS) is 11.3. The van der Waals surface area contributed by atoms with Gasteiger partial charge in [-0.1, -0.05) is 36.4 Å². The van der Waals surface area contributed by atoms with Gasteiger partial charge in [-0.25, -0.2) is 9.98 Å². The van der Waals surface area contributed by atoms with E-state index in [1.807, 2.05) is 48.5 Å². The van der Waals surface area contributed by atoms with E-state index in [4.69, 9.17) is 5.73 Å². The lowest BCUT2D eigenvalue weighted by Crippen LogP contribution is -2.12. The average molecular weight is 197 g/mol. The summed E-state index contributed by atoms with van der Waals surface area (Å²) in [5.41, 5.74) is 6.74. The highest BCUT2D eigenvalue weighted by Crippen LogP contribution is 2.07. The fourth-order valence-electron chi connectivity index (χ4n) is 1.22. The van der Waals surface area contributed by atoms with Gasteiger partial charge in [-0.2, -0.15) is 0 Å². The zero-order chi connectivity index (χ0) is 10.5. The SMILES string of the molecule is NC(=Nc1ccccn1)c1ccccc1. The van der Waals surface area contributed by atoms with E-state index in [0.717, 1.165) is 5.56 Å². The molecule has 0 fully saturated rings. The maximum absolute atomic E-state index is 5.84. The van der Waals surface area contributed by atoms with Crippen molar-refractivity contribution in [1.82, 2.24) is 4.98 Å². The minimum Gasteiger partial charge on any atom is -0.383 e. The van der Waals surface area contributed by atoms with Crippen LogP contribution in [0.3, 0.4) is 0 Å². The van der Waals surface area contributed by atoms with E-state index in [1.165, 1.54) is 0 Å². The zero-order valence-corrected chi connectivity index (χ0v) is 8.17. The number of hydrogen-bond acceptors (Lipinski definition) is 2. The van der Waals surface area contributed by atoms with Crippen LogP contribution < -0.4 is 5.73 Å². The number of hydrogen-bond donors (Lipinski definition) is 1. The molecule has 3 nitrogen and oxygen atoms in total. The molecular weight excluding hydrogens is 186 g/mol. The first-order valence-electron chi connectivity index (χ1n) is 4.67. The Morgan fingerprint density at radius 3 is 2.40 bits per heavy atom. The van der Waals surface area contributed by atoms with Gasteiger partial charge in [0.15, 0.2) is 5.82 Å². The fourth-order valence-corrected chi connectivity index (χ4v) is 1.22. The van der Waals surface area contributed by atoms with Crippen LogP contribution in [-0.2, 0) is 0 Å². The number of amidine groups is 1. The Hall–Kier alpha value is -2.16. The van der Waals surface area contributed by atoms with Gasteiger partial charge in [-0.15, -0.1) is 0 Å². The van der Waals surface area contributed by atoms with Crippen LogP contribution in [0, 0.1) is 0 Å². The Kier molecular flexibility index (Phi) is 2.74. The number of pyridine rings is 1. The molecule has 3 heteroatoms. The molecular formula is C12H11N3. The van der Waals surface area contributed by atoms with Gasteiger partial charge in [0.1, 0.15) is 5.84 Å². The number of aliphatic imine (C=N–C) groups is 1. The van der Waals surface area contributed by atoms with Gasteiger partial charge in [-0.05, 0) is 12.1 Å². The smallest absolute Gasteiger partial charge is 0.154 e. The summed E-state index contributed by atoms with van der Waals surface area (Å²) in [7, 11) is 0. The molecule has 0 saturated carbocycles. The quantitative estimate of drug-likeness (QED) is 0.592. The second-order valence-electron chi connectivity index (χ2n) is 3.05. The third kappa shape index (κ3) is 2.40. The van der Waals surface area contributed by atoms with Crippen molar-refractivity contribution in [3.8, 4) is 0 Å². The topological polar surface area (TPSA) is 51.3 Å². The molecule has 0 unspecified atom stereocenters. The summed E-state index contributed by atoms with van der Waals surface area (Å²) in [6.45, 7) is 0. The van der Waals surface area contributed by atoms with Crippen molar-refractivity contribution in [3.05, 3.63) is 60.3 Å². The highest BCUT2D eigenvalue weighted by molar-refractivity contribution is 5.98. The lowest BCUT2D eigenvalue weighted by atomic mass is 10.2. The molecule has 74 valence electrons. The van der Waals surface area contributed by atoms with E-state index >= 15 is 0 Å². The first-order chi connectivity index (χ1) is 7.36. The van der Waals surface area contributed by atoms with Crippen molar-refractivity contribution >= 4 is 11.7 Å². The van der Waals surface area contributed by atoms with Crippen molar-refractivity contribution in [3.63, 3.8) is 0 Å². The van der Waals surface area contributed by atoms with Crippen LogP contribution in [0.4, 0.5) is 5.82 Å². The largest absolute Gasteiger partial charge is 0.383 e. The first-order valence-corrected chi connectivity index (χ1v) is 4.67. The van der Waals surface area contributed by atoms with Crippen molar-refractivity contribution in [2.75, 3.05) is 0 Å². The van der Waals surface area contributed by atoms with Crippen LogP contribution in [0.2, 0.25) is 0 Å². The molecule has 0 saturated heterocycles. The van der Waals surface area contributed by atoms with E-state index in [1.54, 1.807) is 6.20 Å². The fraction of sp³-hybridized carbons (Fsp3) is 0. The molecule has 1 aromatic heterocycles. The lowest BCUT2D eigenvalue weighted by molar-refractivity contribution is 1.26. The molecule has 0 atom stereocenters. The Morgan fingerprint density at radius 2 is 1.73 bits per heavy atom. The van der Waals surface area contributed by atoms with Gasteiger partial charge in [-0.3, -0.25) is 0 Å². The first kappa shape index (κ1) is 9.40. The van der Waals surface area contributed by atoms with E-state index in [9.17, 15) is 0 Å². The van der Waals surface area contributed by atoms with Gasteiger partial charge >= 0.3 is 0 Å². The standard InChI is InChI=1S/C12H11N3/c13-12(10-6-2-1-3-7-10)15-11-8-4-5-9-14-11/h1-9H,(H2,13,14,15). The van der Waals surface area contributed by atoms with Crippen LogP contribution >= 0.6 is 0 Å². The van der Waals surface area contributed by atoms with Crippen LogP contribution in [0.5, 0.6) is 0 Å². The van der Waals surface area contributed by atoms with Crippen LogP contribution in [0.25, 0.3) is 0 Å². The van der Waals surface area contributed by atoms with Gasteiger partial charge < -0.3 is 5.73 Å². The van der Waals surface area contributed by atoms with Crippen molar-refractivity contribution in [2.24, 2.45) is 10.7 Å². The third-order valence-electron chi connectivity index (χ3n) is 1.95. The van der Waals surface area contributed by atoms with Crippen LogP contribution in [0.15, 0.2) is 59.7 Å². The lowest BCUT2D eigenvalue weighted by Gasteiger charge is -1.99. The van der Waals surface area contributed by atoms with Crippen molar-refractivity contribution in [1.29, 1.82) is 0 Å².